The molecule has 0 saturated heterocycles. The molecule has 4 N–H and O–H groups in total. The molecule has 1 heterocycles. The van der Waals surface area contributed by atoms with Gasteiger partial charge in [-0.15, -0.1) is 4.79 Å². The molecule has 0 aliphatic heterocycles. The normalized spacial score (nSPS) is 9.89. The molecule has 0 spiro atoms. The molecule has 1 aromatic heterocycles. The van der Waals surface area contributed by atoms with Crippen molar-refractivity contribution in [2.24, 2.45) is 0 Å². The van der Waals surface area contributed by atoms with Crippen molar-refractivity contribution in [3.05, 3.63) is 22.1 Å². The van der Waals surface area contributed by atoms with Crippen molar-refractivity contribution in [1.29, 1.82) is 0 Å². The average Bonchev–Trinajstić information content (AvgIpc) is 1.98. The second-order valence-electron chi connectivity index (χ2n) is 1.81. The van der Waals surface area contributed by atoms with Crippen molar-refractivity contribution in [1.82, 2.24) is 9.58 Å². The number of aromatic nitrogens is 2. The van der Waals surface area contributed by atoms with E-state index in [4.69, 9.17) is 11.7 Å². The molecule has 0 fully saturated rings. The topological polar surface area (TPSA) is 79.0 Å². The van der Waals surface area contributed by atoms with E-state index in [1.54, 1.807) is 6.92 Å². The summed E-state index contributed by atoms with van der Waals surface area (Å²) in [6.45, 7) is 1.70. The predicted molar refractivity (Wildman–Crippen MR) is 33.7 cm³/mol. The van der Waals surface area contributed by atoms with Gasteiger partial charge in [-0.1, -0.05) is 0 Å². The highest BCUT2D eigenvalue weighted by atomic mass is 16.1. The maximum atomic E-state index is 10.6. The van der Waals surface area contributed by atoms with Crippen molar-refractivity contribution in [2.45, 2.75) is 6.92 Å². The molecule has 1 rings (SSSR count). The highest BCUT2D eigenvalue weighted by molar-refractivity contribution is 4.98. The van der Waals surface area contributed by atoms with Gasteiger partial charge in [0.25, 0.3) is 5.56 Å². The van der Waals surface area contributed by atoms with Gasteiger partial charge in [0.15, 0.2) is 0 Å². The summed E-state index contributed by atoms with van der Waals surface area (Å²) in [6.07, 6.45) is 0. The van der Waals surface area contributed by atoms with Crippen LogP contribution >= 0.6 is 0 Å². The lowest BCUT2D eigenvalue weighted by molar-refractivity contribution is 0.641. The lowest BCUT2D eigenvalue weighted by atomic mass is 10.5. The summed E-state index contributed by atoms with van der Waals surface area (Å²) >= 11 is 0. The molecule has 9 heavy (non-hydrogen) atoms. The molecule has 0 saturated carbocycles. The van der Waals surface area contributed by atoms with E-state index < -0.39 is 0 Å². The van der Waals surface area contributed by atoms with Crippen LogP contribution in [-0.4, -0.2) is 9.58 Å². The number of hydrogen-bond acceptors (Lipinski definition) is 3. The number of aryl methyl sites for hydroxylation is 1. The minimum absolute atomic E-state index is 0.296. The summed E-state index contributed by atoms with van der Waals surface area (Å²) in [5.41, 5.74) is 0.345. The Morgan fingerprint density at radius 3 is 2.11 bits per heavy atom. The monoisotopic (exact) mass is 128 g/mol. The zero-order valence-corrected chi connectivity index (χ0v) is 5.03. The van der Waals surface area contributed by atoms with Crippen LogP contribution in [0.1, 0.15) is 5.69 Å². The Bertz CT molecular complexity index is 271. The molecule has 0 aliphatic rings. The Balaban J connectivity index is 3.47. The highest BCUT2D eigenvalue weighted by Crippen LogP contribution is 1.83. The SMILES string of the molecule is Cc1cc(=O)n(N)n1N. The van der Waals surface area contributed by atoms with Gasteiger partial charge < -0.3 is 11.7 Å². The molecule has 0 unspecified atom stereocenters. The summed E-state index contributed by atoms with van der Waals surface area (Å²) in [7, 11) is 0. The first-order valence-electron chi connectivity index (χ1n) is 2.45. The third-order valence-corrected chi connectivity index (χ3v) is 1.15. The lowest BCUT2D eigenvalue weighted by Gasteiger charge is -1.98. The van der Waals surface area contributed by atoms with E-state index in [1.165, 1.54) is 6.07 Å². The van der Waals surface area contributed by atoms with E-state index in [1.807, 2.05) is 0 Å². The first kappa shape index (κ1) is 5.74. The van der Waals surface area contributed by atoms with Gasteiger partial charge >= 0.3 is 0 Å². The van der Waals surface area contributed by atoms with Crippen molar-refractivity contribution in [3.8, 4) is 0 Å². The molecule has 5 nitrogen and oxygen atoms in total. The van der Waals surface area contributed by atoms with Crippen LogP contribution in [0.3, 0.4) is 0 Å². The Morgan fingerprint density at radius 1 is 1.44 bits per heavy atom. The van der Waals surface area contributed by atoms with E-state index in [9.17, 15) is 4.79 Å². The fourth-order valence-corrected chi connectivity index (χ4v) is 0.587. The molecule has 1 aromatic rings. The van der Waals surface area contributed by atoms with Gasteiger partial charge in [0.1, 0.15) is 0 Å². The van der Waals surface area contributed by atoms with Gasteiger partial charge in [0, 0.05) is 6.07 Å². The fourth-order valence-electron chi connectivity index (χ4n) is 0.587. The average molecular weight is 128 g/mol. The third-order valence-electron chi connectivity index (χ3n) is 1.15. The maximum Gasteiger partial charge on any atom is 0.287 e. The Kier molecular flexibility index (Phi) is 0.985. The van der Waals surface area contributed by atoms with E-state index in [-0.39, 0.29) is 5.56 Å². The molecular formula is C4H8N4O. The van der Waals surface area contributed by atoms with Crippen molar-refractivity contribution >= 4 is 0 Å². The van der Waals surface area contributed by atoms with Gasteiger partial charge in [0.05, 0.1) is 5.69 Å². The number of rotatable bonds is 0. The van der Waals surface area contributed by atoms with Crippen LogP contribution in [0.25, 0.3) is 0 Å². The third kappa shape index (κ3) is 0.658. The van der Waals surface area contributed by atoms with Crippen LogP contribution in [-0.2, 0) is 0 Å². The largest absolute Gasteiger partial charge is 0.323 e. The minimum Gasteiger partial charge on any atom is -0.323 e. The van der Waals surface area contributed by atoms with E-state index in [2.05, 4.69) is 0 Å². The van der Waals surface area contributed by atoms with Crippen molar-refractivity contribution < 1.29 is 0 Å². The molecule has 0 amide bonds. The first-order chi connectivity index (χ1) is 4.13. The van der Waals surface area contributed by atoms with Gasteiger partial charge in [-0.05, 0) is 6.92 Å². The standard InChI is InChI=1S/C4H8N4O/c1-3-2-4(9)8(6)7(3)5/h2H,5-6H2,1H3. The van der Waals surface area contributed by atoms with Crippen LogP contribution in [0.5, 0.6) is 0 Å². The van der Waals surface area contributed by atoms with Crippen molar-refractivity contribution in [3.63, 3.8) is 0 Å². The van der Waals surface area contributed by atoms with Crippen LogP contribution < -0.4 is 17.2 Å². The van der Waals surface area contributed by atoms with Gasteiger partial charge in [-0.25, -0.2) is 0 Å². The smallest absolute Gasteiger partial charge is 0.287 e. The molecule has 0 radical (unpaired) electrons. The molecule has 0 atom stereocenters. The number of nitrogens with zero attached hydrogens (tertiary/aromatic N) is 2. The summed E-state index contributed by atoms with van der Waals surface area (Å²) < 4.78 is 0. The maximum absolute atomic E-state index is 10.6. The number of hydrogen-bond donors (Lipinski definition) is 2. The van der Waals surface area contributed by atoms with Gasteiger partial charge in [0.2, 0.25) is 0 Å². The Labute approximate surface area is 51.4 Å². The van der Waals surface area contributed by atoms with Gasteiger partial charge in [-0.3, -0.25) is 4.79 Å². The van der Waals surface area contributed by atoms with Crippen LogP contribution in [0.2, 0.25) is 0 Å². The summed E-state index contributed by atoms with van der Waals surface area (Å²) in [4.78, 5) is 12.5. The van der Waals surface area contributed by atoms with Crippen LogP contribution in [0, 0.1) is 6.92 Å². The summed E-state index contributed by atoms with van der Waals surface area (Å²) in [5, 5.41) is 0. The molecule has 0 aromatic carbocycles. The summed E-state index contributed by atoms with van der Waals surface area (Å²) in [5.74, 6) is 10.4. The first-order valence-corrected chi connectivity index (χ1v) is 2.45. The quantitative estimate of drug-likeness (QED) is 0.412. The lowest BCUT2D eigenvalue weighted by Crippen LogP contribution is -2.34. The fraction of sp³-hybridized carbons (Fsp3) is 0.250. The van der Waals surface area contributed by atoms with E-state index in [0.29, 0.717) is 5.69 Å². The van der Waals surface area contributed by atoms with E-state index in [0.717, 1.165) is 9.58 Å². The zero-order valence-electron chi connectivity index (χ0n) is 5.03. The van der Waals surface area contributed by atoms with Crippen LogP contribution in [0.15, 0.2) is 10.9 Å². The second-order valence-corrected chi connectivity index (χ2v) is 1.81. The molecule has 0 bridgehead atoms. The molecular weight excluding hydrogens is 120 g/mol. The Morgan fingerprint density at radius 2 is 2.00 bits per heavy atom. The Hall–Kier alpha value is -1.39. The van der Waals surface area contributed by atoms with Gasteiger partial charge in [-0.2, -0.15) is 4.79 Å². The second kappa shape index (κ2) is 1.54. The molecule has 50 valence electrons. The summed E-state index contributed by atoms with van der Waals surface area (Å²) in [6, 6.07) is 1.36. The van der Waals surface area contributed by atoms with E-state index >= 15 is 0 Å². The van der Waals surface area contributed by atoms with Crippen molar-refractivity contribution in [2.75, 3.05) is 11.7 Å². The molecule has 0 aliphatic carbocycles. The number of nitrogens with two attached hydrogens (primary N) is 2. The molecule has 5 heteroatoms. The highest BCUT2D eigenvalue weighted by Gasteiger charge is 1.98. The van der Waals surface area contributed by atoms with Crippen LogP contribution in [0.4, 0.5) is 0 Å². The predicted octanol–water partition coefficient (Wildman–Crippen LogP) is -1.61. The zero-order chi connectivity index (χ0) is 7.02. The number of nitrogen functional groups attached to an aromatic ring is 2. The minimum atomic E-state index is -0.296.